The van der Waals surface area contributed by atoms with E-state index in [-0.39, 0.29) is 11.3 Å². The first-order valence-corrected chi connectivity index (χ1v) is 13.8. The Kier molecular flexibility index (Phi) is 9.16. The number of nitrogens with zero attached hydrogens (tertiary/aromatic N) is 3. The number of ether oxygens (including phenoxy) is 1. The van der Waals surface area contributed by atoms with Gasteiger partial charge in [0, 0.05) is 36.8 Å². The van der Waals surface area contributed by atoms with Gasteiger partial charge in [0.2, 0.25) is 5.28 Å². The molecule has 1 heterocycles. The van der Waals surface area contributed by atoms with E-state index in [1.54, 1.807) is 24.4 Å². The van der Waals surface area contributed by atoms with Crippen molar-refractivity contribution in [2.24, 2.45) is 4.36 Å². The number of nitrogen functional groups attached to an aromatic ring is 1. The zero-order valence-electron chi connectivity index (χ0n) is 18.4. The van der Waals surface area contributed by atoms with Crippen LogP contribution in [0.1, 0.15) is 38.5 Å². The number of hydrogen-bond acceptors (Lipinski definition) is 7. The Bertz CT molecular complexity index is 1100. The molecule has 12 heteroatoms. The Balaban J connectivity index is 1.56. The molecule has 1 aromatic heterocycles. The maximum atomic E-state index is 13.3. The second kappa shape index (κ2) is 11.8. The van der Waals surface area contributed by atoms with E-state index in [2.05, 4.69) is 40.9 Å². The summed E-state index contributed by atoms with van der Waals surface area (Å²) in [6.45, 7) is 1.04. The number of nitrogens with one attached hydrogen (secondary N) is 2. The van der Waals surface area contributed by atoms with Crippen molar-refractivity contribution < 1.29 is 13.7 Å². The van der Waals surface area contributed by atoms with Crippen LogP contribution < -0.4 is 21.1 Å². The van der Waals surface area contributed by atoms with Gasteiger partial charge in [0.1, 0.15) is 11.6 Å². The molecule has 3 rings (SSSR count). The zero-order chi connectivity index (χ0) is 23.8. The lowest BCUT2D eigenvalue weighted by Crippen LogP contribution is -2.30. The van der Waals surface area contributed by atoms with Crippen LogP contribution in [0.25, 0.3) is 0 Å². The summed E-state index contributed by atoms with van der Waals surface area (Å²) in [7, 11) is -3.00. The van der Waals surface area contributed by atoms with Crippen LogP contribution >= 0.6 is 27.5 Å². The van der Waals surface area contributed by atoms with Gasteiger partial charge in [0.15, 0.2) is 0 Å². The van der Waals surface area contributed by atoms with Crippen molar-refractivity contribution in [2.75, 3.05) is 30.5 Å². The molecule has 1 aromatic carbocycles. The van der Waals surface area contributed by atoms with Crippen molar-refractivity contribution in [3.8, 4) is 5.75 Å². The largest absolute Gasteiger partial charge is 0.492 e. The van der Waals surface area contributed by atoms with Crippen molar-refractivity contribution >= 4 is 54.8 Å². The maximum absolute atomic E-state index is 13.3. The van der Waals surface area contributed by atoms with Gasteiger partial charge in [-0.25, -0.2) is 14.0 Å². The Morgan fingerprint density at radius 3 is 2.88 bits per heavy atom. The molecule has 1 aliphatic rings. The molecular weight excluding hydrogens is 532 g/mol. The van der Waals surface area contributed by atoms with E-state index in [0.717, 1.165) is 43.0 Å². The number of rotatable bonds is 9. The first kappa shape index (κ1) is 25.5. The number of halogens is 2. The molecule has 1 atom stereocenters. The molecule has 0 saturated heterocycles. The highest BCUT2D eigenvalue weighted by molar-refractivity contribution is 9.10. The third-order valence-electron chi connectivity index (χ3n) is 5.15. The molecule has 1 unspecified atom stereocenters. The number of aromatic nitrogens is 2. The highest BCUT2D eigenvalue weighted by atomic mass is 79.9. The summed E-state index contributed by atoms with van der Waals surface area (Å²) >= 11 is 9.19. The fourth-order valence-electron chi connectivity index (χ4n) is 3.51. The molecule has 0 aliphatic heterocycles. The van der Waals surface area contributed by atoms with Crippen LogP contribution in [0.3, 0.4) is 0 Å². The van der Waals surface area contributed by atoms with Gasteiger partial charge in [-0.15, -0.1) is 4.36 Å². The van der Waals surface area contributed by atoms with Gasteiger partial charge in [-0.3, -0.25) is 0 Å². The molecule has 9 nitrogen and oxygen atoms in total. The van der Waals surface area contributed by atoms with E-state index >= 15 is 0 Å². The van der Waals surface area contributed by atoms with E-state index < -0.39 is 15.8 Å². The molecule has 33 heavy (non-hydrogen) atoms. The summed E-state index contributed by atoms with van der Waals surface area (Å²) < 4.78 is 23.8. The van der Waals surface area contributed by atoms with Crippen LogP contribution in [0.15, 0.2) is 38.1 Å². The van der Waals surface area contributed by atoms with Gasteiger partial charge in [-0.2, -0.15) is 4.98 Å². The maximum Gasteiger partial charge on any atom is 0.349 e. The molecule has 1 saturated carbocycles. The minimum Gasteiger partial charge on any atom is -0.492 e. The highest BCUT2D eigenvalue weighted by Gasteiger charge is 2.20. The number of anilines is 2. The van der Waals surface area contributed by atoms with Crippen molar-refractivity contribution in [1.29, 1.82) is 0 Å². The van der Waals surface area contributed by atoms with E-state index in [9.17, 15) is 9.00 Å². The monoisotopic (exact) mass is 558 g/mol. The average Bonchev–Trinajstić information content (AvgIpc) is 3.25. The van der Waals surface area contributed by atoms with E-state index in [4.69, 9.17) is 22.1 Å². The third kappa shape index (κ3) is 7.72. The number of carbonyl (C=O) groups is 1. The molecule has 4 N–H and O–H groups in total. The van der Waals surface area contributed by atoms with Gasteiger partial charge < -0.3 is 21.1 Å². The predicted octanol–water partition coefficient (Wildman–Crippen LogP) is 4.85. The Morgan fingerprint density at radius 1 is 1.36 bits per heavy atom. The summed E-state index contributed by atoms with van der Waals surface area (Å²) in [5.74, 6) is 0.996. The normalized spacial score (nSPS) is 15.6. The molecule has 2 amide bonds. The minimum atomic E-state index is -3.00. The standard InChI is InChI=1S/C21H28BrClN6O3S/c1-33(31,29-21(30)27-15-6-2-3-7-15)18-9-8-14(24)12-17(18)32-11-5-4-10-25-19-16(22)13-26-20(23)28-19/h8-9,12-13,15H,2-7,10-11,24H2,1H3,(H,27,30)(H,25,26,28). The van der Waals surface area contributed by atoms with Gasteiger partial charge in [-0.1, -0.05) is 12.8 Å². The number of nitrogens with two attached hydrogens (primary N) is 1. The molecule has 2 aromatic rings. The predicted molar refractivity (Wildman–Crippen MR) is 134 cm³/mol. The van der Waals surface area contributed by atoms with Crippen LogP contribution in [0.2, 0.25) is 5.28 Å². The average molecular weight is 560 g/mol. The Morgan fingerprint density at radius 2 is 2.12 bits per heavy atom. The SMILES string of the molecule is CS(=O)(=NC(=O)NC1CCCC1)c1ccc(N)cc1OCCCCNc1nc(Cl)ncc1Br. The fourth-order valence-corrected chi connectivity index (χ4v) is 5.26. The first-order valence-electron chi connectivity index (χ1n) is 10.7. The second-order valence-electron chi connectivity index (χ2n) is 7.85. The number of benzene rings is 1. The summed E-state index contributed by atoms with van der Waals surface area (Å²) in [5.41, 5.74) is 6.38. The number of urea groups is 1. The molecule has 1 aliphatic carbocycles. The van der Waals surface area contributed by atoms with Crippen LogP contribution in [-0.2, 0) is 9.73 Å². The Labute approximate surface area is 207 Å². The summed E-state index contributed by atoms with van der Waals surface area (Å²) in [4.78, 5) is 20.7. The van der Waals surface area contributed by atoms with Crippen molar-refractivity contribution in [3.63, 3.8) is 0 Å². The Hall–Kier alpha value is -2.11. The van der Waals surface area contributed by atoms with Gasteiger partial charge >= 0.3 is 6.03 Å². The zero-order valence-corrected chi connectivity index (χ0v) is 21.5. The minimum absolute atomic E-state index is 0.103. The van der Waals surface area contributed by atoms with Crippen LogP contribution in [0.5, 0.6) is 5.75 Å². The van der Waals surface area contributed by atoms with Crippen molar-refractivity contribution in [2.45, 2.75) is 49.5 Å². The second-order valence-corrected chi connectivity index (χ2v) is 11.3. The van der Waals surface area contributed by atoms with E-state index in [0.29, 0.717) is 35.3 Å². The lowest BCUT2D eigenvalue weighted by Gasteiger charge is -2.14. The lowest BCUT2D eigenvalue weighted by atomic mass is 10.3. The number of amides is 2. The van der Waals surface area contributed by atoms with E-state index in [1.807, 2.05) is 0 Å². The van der Waals surface area contributed by atoms with Gasteiger partial charge in [-0.05, 0) is 65.3 Å². The van der Waals surface area contributed by atoms with Gasteiger partial charge in [0.25, 0.3) is 0 Å². The van der Waals surface area contributed by atoms with Crippen LogP contribution in [0.4, 0.5) is 16.3 Å². The van der Waals surface area contributed by atoms with Crippen LogP contribution in [0, 0.1) is 0 Å². The fraction of sp³-hybridized carbons (Fsp3) is 0.476. The van der Waals surface area contributed by atoms with Crippen LogP contribution in [-0.4, -0.2) is 45.7 Å². The molecule has 180 valence electrons. The molecular formula is C21H28BrClN6O3S. The molecule has 1 fully saturated rings. The van der Waals surface area contributed by atoms with Gasteiger partial charge in [0.05, 0.1) is 25.7 Å². The molecule has 0 bridgehead atoms. The smallest absolute Gasteiger partial charge is 0.349 e. The summed E-state index contributed by atoms with van der Waals surface area (Å²) in [5, 5.41) is 6.20. The topological polar surface area (TPSA) is 132 Å². The highest BCUT2D eigenvalue weighted by Crippen LogP contribution is 2.28. The summed E-state index contributed by atoms with van der Waals surface area (Å²) in [6, 6.07) is 4.40. The quantitative estimate of drug-likeness (QED) is 0.227. The molecule has 0 radical (unpaired) electrons. The van der Waals surface area contributed by atoms with Crippen molar-refractivity contribution in [1.82, 2.24) is 15.3 Å². The van der Waals surface area contributed by atoms with E-state index in [1.165, 1.54) is 6.26 Å². The number of carbonyl (C=O) groups excluding carboxylic acids is 1. The summed E-state index contributed by atoms with van der Waals surface area (Å²) in [6.07, 6.45) is 8.57. The lowest BCUT2D eigenvalue weighted by molar-refractivity contribution is 0.246. The number of hydrogen-bond donors (Lipinski definition) is 3. The third-order valence-corrected chi connectivity index (χ3v) is 7.58. The number of unbranched alkanes of at least 4 members (excludes halogenated alkanes) is 1. The van der Waals surface area contributed by atoms with Crippen molar-refractivity contribution in [3.05, 3.63) is 34.2 Å². The molecule has 0 spiro atoms. The first-order chi connectivity index (χ1) is 15.7.